The number of carbonyl (C=O) groups excluding carboxylic acids is 2. The van der Waals surface area contributed by atoms with E-state index in [-0.39, 0.29) is 24.3 Å². The molecule has 36 heavy (non-hydrogen) atoms. The molecule has 1 fully saturated rings. The Bertz CT molecular complexity index is 1190. The van der Waals surface area contributed by atoms with Crippen LogP contribution in [0.15, 0.2) is 78.9 Å². The van der Waals surface area contributed by atoms with Crippen LogP contribution in [0.4, 0.5) is 0 Å². The van der Waals surface area contributed by atoms with Gasteiger partial charge in [-0.25, -0.2) is 9.59 Å². The third-order valence-electron chi connectivity index (χ3n) is 5.86. The van der Waals surface area contributed by atoms with E-state index in [9.17, 15) is 14.7 Å². The van der Waals surface area contributed by atoms with Crippen molar-refractivity contribution >= 4 is 35.1 Å². The molecule has 0 saturated carbocycles. The molecular formula is C27H24Cl2O7. The van der Waals surface area contributed by atoms with Gasteiger partial charge in [0.15, 0.2) is 24.1 Å². The molecule has 9 heteroatoms. The fourth-order valence-electron chi connectivity index (χ4n) is 3.76. The Hall–Kier alpha value is -2.94. The predicted molar refractivity (Wildman–Crippen MR) is 133 cm³/mol. The summed E-state index contributed by atoms with van der Waals surface area (Å²) in [5.41, 5.74) is -0.260. The Morgan fingerprint density at radius 1 is 0.889 bits per heavy atom. The van der Waals surface area contributed by atoms with E-state index < -0.39 is 36.0 Å². The van der Waals surface area contributed by atoms with Crippen molar-refractivity contribution in [2.45, 2.75) is 37.6 Å². The van der Waals surface area contributed by atoms with Crippen molar-refractivity contribution in [3.63, 3.8) is 0 Å². The van der Waals surface area contributed by atoms with Gasteiger partial charge in [-0.3, -0.25) is 0 Å². The molecule has 0 radical (unpaired) electrons. The van der Waals surface area contributed by atoms with Crippen molar-refractivity contribution in [3.05, 3.63) is 106 Å². The van der Waals surface area contributed by atoms with E-state index in [1.807, 2.05) is 30.3 Å². The number of hydrogen-bond acceptors (Lipinski definition) is 7. The summed E-state index contributed by atoms with van der Waals surface area (Å²) in [6, 6.07) is 21.6. The lowest BCUT2D eigenvalue weighted by Gasteiger charge is -2.46. The van der Waals surface area contributed by atoms with E-state index >= 15 is 0 Å². The number of rotatable bonds is 7. The van der Waals surface area contributed by atoms with Gasteiger partial charge in [-0.15, -0.1) is 0 Å². The summed E-state index contributed by atoms with van der Waals surface area (Å²) in [5, 5.41) is 11.7. The van der Waals surface area contributed by atoms with Gasteiger partial charge in [-0.2, -0.15) is 0 Å². The van der Waals surface area contributed by atoms with E-state index in [0.29, 0.717) is 10.0 Å². The van der Waals surface area contributed by atoms with Gasteiger partial charge in [-0.1, -0.05) is 53.5 Å². The Morgan fingerprint density at radius 2 is 1.42 bits per heavy atom. The zero-order chi connectivity index (χ0) is 25.7. The van der Waals surface area contributed by atoms with E-state index in [4.69, 9.17) is 42.1 Å². The number of benzene rings is 3. The van der Waals surface area contributed by atoms with Gasteiger partial charge in [0.2, 0.25) is 0 Å². The monoisotopic (exact) mass is 530 g/mol. The number of halogens is 2. The second-order valence-electron chi connectivity index (χ2n) is 8.43. The molecule has 4 atom stereocenters. The lowest BCUT2D eigenvalue weighted by Crippen LogP contribution is -2.64. The molecule has 3 aromatic carbocycles. The van der Waals surface area contributed by atoms with Crippen LogP contribution in [0.5, 0.6) is 0 Å². The quantitative estimate of drug-likeness (QED) is 0.426. The molecule has 1 aliphatic heterocycles. The van der Waals surface area contributed by atoms with Crippen molar-refractivity contribution < 1.29 is 33.6 Å². The zero-order valence-electron chi connectivity index (χ0n) is 19.3. The van der Waals surface area contributed by atoms with Gasteiger partial charge in [-0.05, 0) is 61.0 Å². The van der Waals surface area contributed by atoms with E-state index in [0.717, 1.165) is 5.56 Å². The normalized spacial score (nSPS) is 23.6. The largest absolute Gasteiger partial charge is 0.452 e. The second kappa shape index (κ2) is 11.4. The Morgan fingerprint density at radius 3 is 1.97 bits per heavy atom. The molecule has 1 aliphatic rings. The average Bonchev–Trinajstić information content (AvgIpc) is 2.88. The number of carbonyl (C=O) groups is 2. The molecule has 0 amide bonds. The fourth-order valence-corrected chi connectivity index (χ4v) is 4.02. The van der Waals surface area contributed by atoms with Crippen molar-refractivity contribution in [3.8, 4) is 0 Å². The SMILES string of the molecule is C[C@]1(OCc2ccccc2)C(O)OC[C@@H](OC(=O)c2ccc(Cl)cc2)[C@H]1OC(=O)c1ccc(Cl)cc1. The van der Waals surface area contributed by atoms with Crippen LogP contribution in [0, 0.1) is 0 Å². The van der Waals surface area contributed by atoms with Crippen LogP contribution in [0.25, 0.3) is 0 Å². The minimum atomic E-state index is -1.57. The topological polar surface area (TPSA) is 91.3 Å². The van der Waals surface area contributed by atoms with Gasteiger partial charge in [0.25, 0.3) is 0 Å². The molecule has 1 N–H and O–H groups in total. The maximum absolute atomic E-state index is 13.0. The maximum atomic E-state index is 13.0. The van der Waals surface area contributed by atoms with Crippen LogP contribution in [-0.2, 0) is 25.6 Å². The molecule has 1 unspecified atom stereocenters. The molecule has 0 spiro atoms. The van der Waals surface area contributed by atoms with Gasteiger partial charge in [0.05, 0.1) is 24.3 Å². The Kier molecular flexibility index (Phi) is 8.28. The molecule has 1 saturated heterocycles. The molecular weight excluding hydrogens is 507 g/mol. The highest BCUT2D eigenvalue weighted by Crippen LogP contribution is 2.34. The van der Waals surface area contributed by atoms with Crippen LogP contribution < -0.4 is 0 Å². The van der Waals surface area contributed by atoms with Crippen molar-refractivity contribution in [1.29, 1.82) is 0 Å². The minimum Gasteiger partial charge on any atom is -0.452 e. The number of aliphatic hydroxyl groups excluding tert-OH is 1. The predicted octanol–water partition coefficient (Wildman–Crippen LogP) is 5.07. The first kappa shape index (κ1) is 26.1. The van der Waals surface area contributed by atoms with Crippen molar-refractivity contribution in [2.75, 3.05) is 6.61 Å². The first-order valence-electron chi connectivity index (χ1n) is 11.2. The van der Waals surface area contributed by atoms with Crippen molar-refractivity contribution in [1.82, 2.24) is 0 Å². The average molecular weight is 531 g/mol. The third-order valence-corrected chi connectivity index (χ3v) is 6.36. The number of aliphatic hydroxyl groups is 1. The van der Waals surface area contributed by atoms with Crippen LogP contribution in [0.2, 0.25) is 10.0 Å². The van der Waals surface area contributed by atoms with Gasteiger partial charge >= 0.3 is 11.9 Å². The number of esters is 2. The highest BCUT2D eigenvalue weighted by Gasteiger charge is 2.54. The maximum Gasteiger partial charge on any atom is 0.338 e. The van der Waals surface area contributed by atoms with Gasteiger partial charge in [0, 0.05) is 10.0 Å². The summed E-state index contributed by atoms with van der Waals surface area (Å²) in [6.45, 7) is 1.41. The lowest BCUT2D eigenvalue weighted by molar-refractivity contribution is -0.311. The first-order chi connectivity index (χ1) is 17.3. The minimum absolute atomic E-state index is 0.0879. The Balaban J connectivity index is 1.61. The molecule has 0 aromatic heterocycles. The summed E-state index contributed by atoms with van der Waals surface area (Å²) >= 11 is 11.8. The summed E-state index contributed by atoms with van der Waals surface area (Å²) < 4.78 is 23.1. The summed E-state index contributed by atoms with van der Waals surface area (Å²) in [7, 11) is 0. The second-order valence-corrected chi connectivity index (χ2v) is 9.30. The van der Waals surface area contributed by atoms with Crippen molar-refractivity contribution in [2.24, 2.45) is 0 Å². The first-order valence-corrected chi connectivity index (χ1v) is 11.9. The molecule has 188 valence electrons. The van der Waals surface area contributed by atoms with Crippen LogP contribution in [0.1, 0.15) is 33.2 Å². The molecule has 4 rings (SSSR count). The zero-order valence-corrected chi connectivity index (χ0v) is 20.8. The third kappa shape index (κ3) is 6.06. The smallest absolute Gasteiger partial charge is 0.338 e. The standard InChI is InChI=1S/C27H24Cl2O7/c1-27(34-15-17-5-3-2-4-6-17)23(36-25(31)19-9-13-21(29)14-10-19)22(16-33-26(27)32)35-24(30)18-7-11-20(28)12-8-18/h2-14,22-23,26,32H,15-16H2,1H3/t22-,23-,26?,27-/m1/s1. The van der Waals surface area contributed by atoms with Crippen LogP contribution >= 0.6 is 23.2 Å². The summed E-state index contributed by atoms with van der Waals surface area (Å²) in [5.74, 6) is -1.37. The highest BCUT2D eigenvalue weighted by atomic mass is 35.5. The molecule has 0 bridgehead atoms. The van der Waals surface area contributed by atoms with E-state index in [2.05, 4.69) is 0 Å². The van der Waals surface area contributed by atoms with E-state index in [1.165, 1.54) is 24.3 Å². The van der Waals surface area contributed by atoms with Crippen LogP contribution in [0.3, 0.4) is 0 Å². The molecule has 1 heterocycles. The van der Waals surface area contributed by atoms with Gasteiger partial charge in [0.1, 0.15) is 0 Å². The number of ether oxygens (including phenoxy) is 4. The van der Waals surface area contributed by atoms with Gasteiger partial charge < -0.3 is 24.1 Å². The van der Waals surface area contributed by atoms with E-state index in [1.54, 1.807) is 31.2 Å². The molecule has 0 aliphatic carbocycles. The van der Waals surface area contributed by atoms with Crippen LogP contribution in [-0.4, -0.2) is 47.8 Å². The Labute approximate surface area is 218 Å². The summed E-state index contributed by atoms with van der Waals surface area (Å²) in [4.78, 5) is 25.9. The lowest BCUT2D eigenvalue weighted by atomic mass is 9.90. The fraction of sp³-hybridized carbons (Fsp3) is 0.259. The summed E-state index contributed by atoms with van der Waals surface area (Å²) in [6.07, 6.45) is -3.74. The molecule has 3 aromatic rings. The molecule has 7 nitrogen and oxygen atoms in total. The highest BCUT2D eigenvalue weighted by molar-refractivity contribution is 6.31. The number of hydrogen-bond donors (Lipinski definition) is 1.